The Kier molecular flexibility index (Phi) is 7.07. The van der Waals surface area contributed by atoms with Gasteiger partial charge in [-0.05, 0) is 31.1 Å². The van der Waals surface area contributed by atoms with Gasteiger partial charge in [0.1, 0.15) is 0 Å². The highest BCUT2D eigenvalue weighted by atomic mass is 32.2. The van der Waals surface area contributed by atoms with Crippen LogP contribution in [0.3, 0.4) is 0 Å². The highest BCUT2D eigenvalue weighted by molar-refractivity contribution is 7.85. The van der Waals surface area contributed by atoms with Crippen molar-refractivity contribution in [3.05, 3.63) is 12.2 Å². The monoisotopic (exact) mass is 411 g/mol. The molecule has 1 heterocycles. The van der Waals surface area contributed by atoms with Crippen LogP contribution in [0.25, 0.3) is 0 Å². The number of fused-ring (bicyclic) bond motifs is 5. The summed E-state index contributed by atoms with van der Waals surface area (Å²) in [5.74, 6) is 0.188. The molecule has 2 fully saturated rings. The lowest BCUT2D eigenvalue weighted by Gasteiger charge is -2.14. The molecular formula is C17H24F3NO5S. The van der Waals surface area contributed by atoms with Gasteiger partial charge < -0.3 is 0 Å². The normalized spacial score (nSPS) is 28.7. The van der Waals surface area contributed by atoms with Crippen LogP contribution in [-0.2, 0) is 19.7 Å². The quantitative estimate of drug-likeness (QED) is 0.290. The molecule has 3 aliphatic rings. The Labute approximate surface area is 156 Å². The number of rotatable bonds is 7. The Morgan fingerprint density at radius 2 is 1.44 bits per heavy atom. The first-order valence-corrected chi connectivity index (χ1v) is 10.6. The molecule has 0 spiro atoms. The van der Waals surface area contributed by atoms with Crippen molar-refractivity contribution >= 4 is 21.9 Å². The van der Waals surface area contributed by atoms with E-state index in [0.29, 0.717) is 37.5 Å². The van der Waals surface area contributed by atoms with Crippen molar-refractivity contribution in [2.45, 2.75) is 51.1 Å². The van der Waals surface area contributed by atoms with Crippen LogP contribution in [0.4, 0.5) is 13.2 Å². The lowest BCUT2D eigenvalue weighted by molar-refractivity contribution is -0.135. The summed E-state index contributed by atoms with van der Waals surface area (Å²) in [4.78, 5) is 22.6. The zero-order valence-corrected chi connectivity index (χ0v) is 15.6. The number of unbranched alkanes of at least 4 members (excludes halogenated alkanes) is 4. The average Bonchev–Trinajstić information content (AvgIpc) is 3.19. The predicted octanol–water partition coefficient (Wildman–Crippen LogP) is 2.86. The standard InChI is InChI=1S/C9H9NO2.C8H15F3O3S/c11-8-6-4-1-2-5(3-4)7(6)9(12)10-8;9-8(10,11)6-4-2-1-3-5-7-15(12,13)14/h1-2,4-7H,3H2,(H,10,11,12);1-7H2,(H,12,13,14). The molecular weight excluding hydrogens is 387 g/mol. The molecule has 1 saturated carbocycles. The van der Waals surface area contributed by atoms with Crippen LogP contribution in [0.15, 0.2) is 12.2 Å². The first kappa shape index (κ1) is 21.9. The van der Waals surface area contributed by atoms with Gasteiger partial charge in [0.25, 0.3) is 10.1 Å². The lowest BCUT2D eigenvalue weighted by Crippen LogP contribution is -2.25. The third-order valence-corrected chi connectivity index (χ3v) is 5.98. The zero-order valence-electron chi connectivity index (χ0n) is 14.7. The molecule has 154 valence electrons. The van der Waals surface area contributed by atoms with E-state index in [4.69, 9.17) is 4.55 Å². The highest BCUT2D eigenvalue weighted by Gasteiger charge is 2.55. The van der Waals surface area contributed by atoms with Crippen molar-refractivity contribution in [2.24, 2.45) is 23.7 Å². The maximum Gasteiger partial charge on any atom is 0.389 e. The van der Waals surface area contributed by atoms with Crippen LogP contribution in [0.1, 0.15) is 44.9 Å². The van der Waals surface area contributed by atoms with Crippen molar-refractivity contribution in [3.63, 3.8) is 0 Å². The summed E-state index contributed by atoms with van der Waals surface area (Å²) in [6.07, 6.45) is 2.19. The van der Waals surface area contributed by atoms with Gasteiger partial charge in [-0.25, -0.2) is 0 Å². The van der Waals surface area contributed by atoms with Crippen LogP contribution < -0.4 is 5.32 Å². The number of allylic oxidation sites excluding steroid dienone is 2. The zero-order chi connectivity index (χ0) is 20.2. The number of halogens is 3. The van der Waals surface area contributed by atoms with Gasteiger partial charge in [0, 0.05) is 6.42 Å². The van der Waals surface area contributed by atoms with Crippen molar-refractivity contribution < 1.29 is 35.7 Å². The molecule has 6 nitrogen and oxygen atoms in total. The first-order valence-electron chi connectivity index (χ1n) is 9.03. The van der Waals surface area contributed by atoms with E-state index in [2.05, 4.69) is 17.5 Å². The van der Waals surface area contributed by atoms with Gasteiger partial charge in [0.2, 0.25) is 11.8 Å². The molecule has 2 bridgehead atoms. The molecule has 4 atom stereocenters. The van der Waals surface area contributed by atoms with E-state index in [-0.39, 0.29) is 35.8 Å². The Morgan fingerprint density at radius 1 is 0.963 bits per heavy atom. The molecule has 0 radical (unpaired) electrons. The van der Waals surface area contributed by atoms with E-state index >= 15 is 0 Å². The number of carbonyl (C=O) groups excluding carboxylic acids is 2. The molecule has 0 aromatic rings. The smallest absolute Gasteiger partial charge is 0.296 e. The largest absolute Gasteiger partial charge is 0.389 e. The number of carbonyl (C=O) groups is 2. The van der Waals surface area contributed by atoms with Gasteiger partial charge in [0.15, 0.2) is 0 Å². The summed E-state index contributed by atoms with van der Waals surface area (Å²) >= 11 is 0. The van der Waals surface area contributed by atoms with Gasteiger partial charge in [-0.1, -0.05) is 31.4 Å². The number of hydrogen-bond acceptors (Lipinski definition) is 4. The SMILES string of the molecule is O=C1NC(=O)C2C3C=CC(C3)C12.O=S(=O)(O)CCCCCCCC(F)(F)F. The van der Waals surface area contributed by atoms with E-state index in [9.17, 15) is 31.2 Å². The van der Waals surface area contributed by atoms with Crippen LogP contribution in [0, 0.1) is 23.7 Å². The minimum absolute atomic E-state index is 0.0347. The lowest BCUT2D eigenvalue weighted by atomic mass is 9.85. The summed E-state index contributed by atoms with van der Waals surface area (Å²) in [6.45, 7) is 0. The van der Waals surface area contributed by atoms with Crippen molar-refractivity contribution in [2.75, 3.05) is 5.75 Å². The Hall–Kier alpha value is -1.42. The molecule has 2 N–H and O–H groups in total. The first-order chi connectivity index (χ1) is 12.5. The second kappa shape index (κ2) is 8.72. The summed E-state index contributed by atoms with van der Waals surface area (Å²) in [5, 5.41) is 2.40. The minimum Gasteiger partial charge on any atom is -0.296 e. The fourth-order valence-corrected chi connectivity index (χ4v) is 4.53. The van der Waals surface area contributed by atoms with E-state index in [1.807, 2.05) is 0 Å². The average molecular weight is 411 g/mol. The van der Waals surface area contributed by atoms with E-state index in [1.165, 1.54) is 0 Å². The molecule has 2 aliphatic carbocycles. The Bertz CT molecular complexity index is 661. The maximum absolute atomic E-state index is 11.7. The molecule has 1 saturated heterocycles. The molecule has 2 amide bonds. The molecule has 0 aromatic carbocycles. The van der Waals surface area contributed by atoms with Crippen molar-refractivity contribution in [1.82, 2.24) is 5.32 Å². The number of nitrogens with one attached hydrogen (secondary N) is 1. The van der Waals surface area contributed by atoms with Crippen LogP contribution in [0.2, 0.25) is 0 Å². The van der Waals surface area contributed by atoms with Crippen molar-refractivity contribution in [3.8, 4) is 0 Å². The molecule has 10 heteroatoms. The number of amides is 2. The number of hydrogen-bond donors (Lipinski definition) is 2. The summed E-state index contributed by atoms with van der Waals surface area (Å²) < 4.78 is 63.9. The summed E-state index contributed by atoms with van der Waals surface area (Å²) in [7, 11) is -3.92. The minimum atomic E-state index is -4.10. The van der Waals surface area contributed by atoms with Gasteiger partial charge in [-0.3, -0.25) is 19.5 Å². The van der Waals surface area contributed by atoms with Gasteiger partial charge in [0.05, 0.1) is 17.6 Å². The number of alkyl halides is 3. The van der Waals surface area contributed by atoms with Crippen molar-refractivity contribution in [1.29, 1.82) is 0 Å². The molecule has 1 aliphatic heterocycles. The van der Waals surface area contributed by atoms with E-state index < -0.39 is 22.7 Å². The second-order valence-electron chi connectivity index (χ2n) is 7.27. The van der Waals surface area contributed by atoms with E-state index in [1.54, 1.807) is 0 Å². The Balaban J connectivity index is 0.000000196. The molecule has 3 rings (SSSR count). The van der Waals surface area contributed by atoms with E-state index in [0.717, 1.165) is 6.42 Å². The molecule has 0 aromatic heterocycles. The van der Waals surface area contributed by atoms with Crippen LogP contribution in [-0.4, -0.2) is 36.7 Å². The Morgan fingerprint density at radius 3 is 1.93 bits per heavy atom. The van der Waals surface area contributed by atoms with Gasteiger partial charge >= 0.3 is 6.18 Å². The maximum atomic E-state index is 11.7. The third-order valence-electron chi connectivity index (χ3n) is 5.17. The summed E-state index contributed by atoms with van der Waals surface area (Å²) in [6, 6.07) is 0. The fourth-order valence-electron chi connectivity index (χ4n) is 3.97. The molecule has 27 heavy (non-hydrogen) atoms. The van der Waals surface area contributed by atoms with Gasteiger partial charge in [-0.15, -0.1) is 0 Å². The fraction of sp³-hybridized carbons (Fsp3) is 0.765. The van der Waals surface area contributed by atoms with Crippen LogP contribution in [0.5, 0.6) is 0 Å². The van der Waals surface area contributed by atoms with Crippen LogP contribution >= 0.6 is 0 Å². The number of imide groups is 1. The second-order valence-corrected chi connectivity index (χ2v) is 8.84. The third kappa shape index (κ3) is 6.60. The molecule has 4 unspecified atom stereocenters. The highest BCUT2D eigenvalue weighted by Crippen LogP contribution is 2.50. The summed E-state index contributed by atoms with van der Waals surface area (Å²) in [5.41, 5.74) is 0. The van der Waals surface area contributed by atoms with Gasteiger partial charge in [-0.2, -0.15) is 21.6 Å². The topological polar surface area (TPSA) is 101 Å². The predicted molar refractivity (Wildman–Crippen MR) is 91.0 cm³/mol.